The highest BCUT2D eigenvalue weighted by atomic mass is 28.3. The third kappa shape index (κ3) is 6.00. The van der Waals surface area contributed by atoms with Crippen molar-refractivity contribution in [3.8, 4) is 33.6 Å². The van der Waals surface area contributed by atoms with Gasteiger partial charge in [-0.2, -0.15) is 0 Å². The molecule has 0 amide bonds. The van der Waals surface area contributed by atoms with Crippen molar-refractivity contribution >= 4 is 72.4 Å². The van der Waals surface area contributed by atoms with Crippen molar-refractivity contribution < 1.29 is 0 Å². The van der Waals surface area contributed by atoms with Gasteiger partial charge in [0.25, 0.3) is 0 Å². The van der Waals surface area contributed by atoms with Gasteiger partial charge in [0, 0.05) is 32.9 Å². The number of hydrogen-bond acceptors (Lipinski definition) is 0. The topological polar surface area (TPSA) is 9.86 Å². The smallest absolute Gasteiger partial charge is 0.179 e. The van der Waals surface area contributed by atoms with E-state index in [4.69, 9.17) is 0 Å². The maximum Gasteiger partial charge on any atom is 0.179 e. The maximum absolute atomic E-state index is 2.79. The van der Waals surface area contributed by atoms with Crippen LogP contribution in [0, 0.1) is 0 Å². The van der Waals surface area contributed by atoms with Crippen LogP contribution in [0.25, 0.3) is 77.2 Å². The minimum Gasteiger partial charge on any atom is -0.309 e. The van der Waals surface area contributed by atoms with Crippen LogP contribution in [-0.2, 0) is 0 Å². The van der Waals surface area contributed by atoms with Crippen LogP contribution in [0.1, 0.15) is 0 Å². The molecular weight excluding hydrogens is 777 g/mol. The van der Waals surface area contributed by atoms with E-state index < -0.39 is 8.07 Å². The van der Waals surface area contributed by atoms with Crippen molar-refractivity contribution in [2.24, 2.45) is 0 Å². The number of para-hydroxylation sites is 1. The molecule has 0 aliphatic rings. The van der Waals surface area contributed by atoms with Crippen LogP contribution in [-0.4, -0.2) is 17.2 Å². The van der Waals surface area contributed by atoms with E-state index in [9.17, 15) is 0 Å². The second-order valence-corrected chi connectivity index (χ2v) is 20.3. The Kier molecular flexibility index (Phi) is 8.87. The Morgan fingerprint density at radius 3 is 1.24 bits per heavy atom. The highest BCUT2D eigenvalue weighted by Crippen LogP contribution is 2.38. The number of hydrogen-bond donors (Lipinski definition) is 0. The van der Waals surface area contributed by atoms with Crippen LogP contribution in [0.3, 0.4) is 0 Å². The molecule has 0 aliphatic carbocycles. The minimum atomic E-state index is -2.79. The molecule has 0 atom stereocenters. The first kappa shape index (κ1) is 36.8. The molecule has 0 saturated carbocycles. The highest BCUT2D eigenvalue weighted by Gasteiger charge is 2.41. The summed E-state index contributed by atoms with van der Waals surface area (Å²) in [6.45, 7) is 0. The van der Waals surface area contributed by atoms with Crippen LogP contribution >= 0.6 is 0 Å². The first-order valence-electron chi connectivity index (χ1n) is 21.8. The minimum absolute atomic E-state index is 1.13. The van der Waals surface area contributed by atoms with Gasteiger partial charge in [0.05, 0.1) is 22.1 Å². The van der Waals surface area contributed by atoms with Crippen molar-refractivity contribution in [3.63, 3.8) is 0 Å². The summed E-state index contributed by atoms with van der Waals surface area (Å²) in [7, 11) is -2.79. The summed E-state index contributed by atoms with van der Waals surface area (Å²) in [6.07, 6.45) is 0. The number of fused-ring (bicyclic) bond motifs is 6. The molecule has 63 heavy (non-hydrogen) atoms. The maximum atomic E-state index is 2.53. The first-order chi connectivity index (χ1) is 31.3. The largest absolute Gasteiger partial charge is 0.309 e. The van der Waals surface area contributed by atoms with E-state index in [1.165, 1.54) is 86.6 Å². The lowest BCUT2D eigenvalue weighted by molar-refractivity contribution is 1.15. The molecule has 0 saturated heterocycles. The monoisotopic (exact) mass is 818 g/mol. The van der Waals surface area contributed by atoms with Gasteiger partial charge in [-0.1, -0.05) is 206 Å². The van der Waals surface area contributed by atoms with Gasteiger partial charge >= 0.3 is 0 Å². The van der Waals surface area contributed by atoms with Crippen LogP contribution in [0.4, 0.5) is 0 Å². The first-order valence-corrected chi connectivity index (χ1v) is 23.8. The quantitative estimate of drug-likeness (QED) is 0.107. The van der Waals surface area contributed by atoms with Crippen molar-refractivity contribution in [1.29, 1.82) is 0 Å². The Bertz CT molecular complexity index is 3480. The van der Waals surface area contributed by atoms with Gasteiger partial charge in [0.15, 0.2) is 8.07 Å². The standard InChI is InChI=1S/C60H42N2Si/c1-6-18-43(19-7-1)45-30-33-47(34-31-45)61-57-29-17-16-28-53(57)54-37-35-48(41-60(54)61)62-58-38-32-46(44-20-8-2-9-21-44)40-55(58)56-42-52(36-39-59(56)62)63(49-22-10-3-11-23-49,50-24-12-4-13-25-50)51-26-14-5-15-27-51/h1-42H. The zero-order valence-corrected chi connectivity index (χ0v) is 35.6. The molecule has 2 nitrogen and oxygen atoms in total. The number of aromatic nitrogens is 2. The van der Waals surface area contributed by atoms with Gasteiger partial charge in [0.1, 0.15) is 0 Å². The Labute approximate surface area is 368 Å². The predicted octanol–water partition coefficient (Wildman–Crippen LogP) is 12.6. The molecule has 0 N–H and O–H groups in total. The lowest BCUT2D eigenvalue weighted by Gasteiger charge is -2.34. The van der Waals surface area contributed by atoms with E-state index in [2.05, 4.69) is 264 Å². The molecule has 2 aromatic heterocycles. The lowest BCUT2D eigenvalue weighted by atomic mass is 10.0. The van der Waals surface area contributed by atoms with Crippen LogP contribution in [0.15, 0.2) is 255 Å². The lowest BCUT2D eigenvalue weighted by Crippen LogP contribution is -2.74. The molecule has 12 rings (SSSR count). The van der Waals surface area contributed by atoms with E-state index in [0.29, 0.717) is 0 Å². The Morgan fingerprint density at radius 2 is 0.635 bits per heavy atom. The van der Waals surface area contributed by atoms with E-state index in [0.717, 1.165) is 11.4 Å². The van der Waals surface area contributed by atoms with Crippen LogP contribution < -0.4 is 20.7 Å². The SMILES string of the molecule is c1ccc(-c2ccc(-n3c4ccccc4c4ccc(-n5c6ccc(-c7ccccc7)cc6c6cc([Si](c7ccccc7)(c7ccccc7)c7ccccc7)ccc65)cc43)cc2)cc1. The number of benzene rings is 10. The van der Waals surface area contributed by atoms with Gasteiger partial charge in [-0.05, 0) is 91.5 Å². The van der Waals surface area contributed by atoms with E-state index in [1.807, 2.05) is 0 Å². The van der Waals surface area contributed by atoms with Crippen LogP contribution in [0.5, 0.6) is 0 Å². The zero-order chi connectivity index (χ0) is 41.7. The van der Waals surface area contributed by atoms with Crippen molar-refractivity contribution in [3.05, 3.63) is 255 Å². The Hall–Kier alpha value is -7.98. The van der Waals surface area contributed by atoms with Gasteiger partial charge in [-0.15, -0.1) is 0 Å². The van der Waals surface area contributed by atoms with Gasteiger partial charge in [-0.3, -0.25) is 0 Å². The highest BCUT2D eigenvalue weighted by molar-refractivity contribution is 7.20. The molecule has 0 fully saturated rings. The number of nitrogens with zero attached hydrogens (tertiary/aromatic N) is 2. The molecule has 10 aromatic carbocycles. The van der Waals surface area contributed by atoms with Gasteiger partial charge in [0.2, 0.25) is 0 Å². The van der Waals surface area contributed by atoms with Crippen molar-refractivity contribution in [2.75, 3.05) is 0 Å². The number of rotatable bonds is 8. The predicted molar refractivity (Wildman–Crippen MR) is 270 cm³/mol. The van der Waals surface area contributed by atoms with Crippen molar-refractivity contribution in [2.45, 2.75) is 0 Å². The molecule has 0 aliphatic heterocycles. The summed E-state index contributed by atoms with van der Waals surface area (Å²) in [5.74, 6) is 0. The molecule has 0 unspecified atom stereocenters. The average molecular weight is 819 g/mol. The third-order valence-electron chi connectivity index (χ3n) is 13.1. The van der Waals surface area contributed by atoms with Gasteiger partial charge in [-0.25, -0.2) is 0 Å². The Morgan fingerprint density at radius 1 is 0.222 bits per heavy atom. The van der Waals surface area contributed by atoms with Crippen LogP contribution in [0.2, 0.25) is 0 Å². The molecule has 0 bridgehead atoms. The molecule has 296 valence electrons. The summed E-state index contributed by atoms with van der Waals surface area (Å²) < 4.78 is 4.92. The summed E-state index contributed by atoms with van der Waals surface area (Å²) >= 11 is 0. The average Bonchev–Trinajstić information content (AvgIpc) is 3.87. The third-order valence-corrected chi connectivity index (χ3v) is 17.8. The molecule has 0 radical (unpaired) electrons. The molecule has 2 heterocycles. The molecular formula is C60H42N2Si. The van der Waals surface area contributed by atoms with E-state index >= 15 is 0 Å². The summed E-state index contributed by atoms with van der Waals surface area (Å²) in [5.41, 5.74) is 11.9. The van der Waals surface area contributed by atoms with Gasteiger partial charge < -0.3 is 9.13 Å². The Balaban J connectivity index is 1.12. The normalized spacial score (nSPS) is 11.8. The van der Waals surface area contributed by atoms with E-state index in [1.54, 1.807) is 0 Å². The fourth-order valence-electron chi connectivity index (χ4n) is 10.2. The molecule has 3 heteroatoms. The fraction of sp³-hybridized carbons (Fsp3) is 0. The zero-order valence-electron chi connectivity index (χ0n) is 34.6. The molecule has 0 spiro atoms. The fourth-order valence-corrected chi connectivity index (χ4v) is 15.0. The summed E-state index contributed by atoms with van der Waals surface area (Å²) in [5, 5.41) is 10.4. The van der Waals surface area contributed by atoms with Crippen molar-refractivity contribution in [1.82, 2.24) is 9.13 Å². The summed E-state index contributed by atoms with van der Waals surface area (Å²) in [4.78, 5) is 0. The molecule has 12 aromatic rings. The second-order valence-electron chi connectivity index (χ2n) is 16.5. The van der Waals surface area contributed by atoms with E-state index in [-0.39, 0.29) is 0 Å². The second kappa shape index (κ2) is 15.2. The summed E-state index contributed by atoms with van der Waals surface area (Å²) in [6, 6.07) is 94.3.